The topological polar surface area (TPSA) is 26.3 Å². The van der Waals surface area contributed by atoms with Crippen molar-refractivity contribution in [2.75, 3.05) is 7.11 Å². The Morgan fingerprint density at radius 3 is 2.17 bits per heavy atom. The quantitative estimate of drug-likeness (QED) is 0.558. The van der Waals surface area contributed by atoms with Gasteiger partial charge in [0.1, 0.15) is 0 Å². The summed E-state index contributed by atoms with van der Waals surface area (Å²) >= 11 is 0. The molecule has 0 N–H and O–H groups in total. The third-order valence-corrected chi connectivity index (χ3v) is 2.36. The highest BCUT2D eigenvalue weighted by molar-refractivity contribution is 5.95. The Morgan fingerprint density at radius 1 is 1.25 bits per heavy atom. The summed E-state index contributed by atoms with van der Waals surface area (Å²) in [7, 11) is 1.42. The van der Waals surface area contributed by atoms with E-state index in [0.717, 1.165) is 23.1 Å². The van der Waals surface area contributed by atoms with Crippen LogP contribution >= 0.6 is 0 Å². The number of esters is 1. The molecule has 0 aromatic carbocycles. The first-order valence-corrected chi connectivity index (χ1v) is 4.02. The molecule has 0 fully saturated rings. The number of ether oxygens (including phenoxy) is 1. The minimum absolute atomic E-state index is 0.207. The number of carbonyl (C=O) groups excluding carboxylic acids is 1. The monoisotopic (exact) mass is 166 g/mol. The number of carbonyl (C=O) groups is 1. The summed E-state index contributed by atoms with van der Waals surface area (Å²) in [5.41, 5.74) is 4.25. The largest absolute Gasteiger partial charge is 0.465 e. The zero-order valence-electron chi connectivity index (χ0n) is 8.02. The molecule has 1 rings (SSSR count). The van der Waals surface area contributed by atoms with E-state index in [1.165, 1.54) is 12.7 Å². The molecule has 0 aromatic heterocycles. The second kappa shape index (κ2) is 3.13. The molecular weight excluding hydrogens is 152 g/mol. The Morgan fingerprint density at radius 2 is 1.83 bits per heavy atom. The highest BCUT2D eigenvalue weighted by atomic mass is 16.5. The summed E-state index contributed by atoms with van der Waals surface area (Å²) in [5.74, 6) is -0.207. The summed E-state index contributed by atoms with van der Waals surface area (Å²) in [4.78, 5) is 11.3. The molecule has 0 aliphatic heterocycles. The van der Waals surface area contributed by atoms with Gasteiger partial charge < -0.3 is 4.74 Å². The standard InChI is InChI=1S/C10H14O2/c1-6-5-7(2)9(8(6)3)10(11)12-4/h5H2,1-4H3. The molecule has 0 radical (unpaired) electrons. The SMILES string of the molecule is COC(=O)C1=C(C)CC(C)=C1C. The summed E-state index contributed by atoms with van der Waals surface area (Å²) in [5, 5.41) is 0. The highest BCUT2D eigenvalue weighted by Crippen LogP contribution is 2.31. The molecule has 0 saturated carbocycles. The third kappa shape index (κ3) is 1.29. The maximum atomic E-state index is 11.3. The number of allylic oxidation sites excluding steroid dienone is 2. The molecular formula is C10H14O2. The Kier molecular flexibility index (Phi) is 2.36. The highest BCUT2D eigenvalue weighted by Gasteiger charge is 2.22. The third-order valence-electron chi connectivity index (χ3n) is 2.36. The second-order valence-electron chi connectivity index (χ2n) is 3.23. The lowest BCUT2D eigenvalue weighted by atomic mass is 10.1. The van der Waals surface area contributed by atoms with E-state index >= 15 is 0 Å². The molecule has 0 amide bonds. The molecule has 2 nitrogen and oxygen atoms in total. The van der Waals surface area contributed by atoms with Crippen LogP contribution in [0.4, 0.5) is 0 Å². The molecule has 0 heterocycles. The van der Waals surface area contributed by atoms with Gasteiger partial charge in [0.25, 0.3) is 0 Å². The van der Waals surface area contributed by atoms with Crippen molar-refractivity contribution in [2.45, 2.75) is 27.2 Å². The van der Waals surface area contributed by atoms with Crippen molar-refractivity contribution >= 4 is 5.97 Å². The van der Waals surface area contributed by atoms with Crippen LogP contribution in [0.15, 0.2) is 22.3 Å². The molecule has 1 aliphatic rings. The Bertz CT molecular complexity index is 282. The van der Waals surface area contributed by atoms with E-state index in [9.17, 15) is 4.79 Å². The van der Waals surface area contributed by atoms with Crippen molar-refractivity contribution < 1.29 is 9.53 Å². The number of hydrogen-bond acceptors (Lipinski definition) is 2. The van der Waals surface area contributed by atoms with Crippen LogP contribution in [0.1, 0.15) is 27.2 Å². The van der Waals surface area contributed by atoms with E-state index in [0.29, 0.717) is 0 Å². The van der Waals surface area contributed by atoms with Crippen LogP contribution < -0.4 is 0 Å². The summed E-state index contributed by atoms with van der Waals surface area (Å²) in [6.07, 6.45) is 0.913. The lowest BCUT2D eigenvalue weighted by molar-refractivity contribution is -0.135. The van der Waals surface area contributed by atoms with Gasteiger partial charge in [0.15, 0.2) is 0 Å². The predicted molar refractivity (Wildman–Crippen MR) is 47.7 cm³/mol. The number of hydrogen-bond donors (Lipinski definition) is 0. The number of methoxy groups -OCH3 is 1. The maximum absolute atomic E-state index is 11.3. The van der Waals surface area contributed by atoms with Crippen molar-refractivity contribution in [3.63, 3.8) is 0 Å². The van der Waals surface area contributed by atoms with Crippen molar-refractivity contribution in [1.29, 1.82) is 0 Å². The molecule has 12 heavy (non-hydrogen) atoms. The fraction of sp³-hybridized carbons (Fsp3) is 0.500. The zero-order valence-corrected chi connectivity index (χ0v) is 8.02. The minimum Gasteiger partial charge on any atom is -0.465 e. The smallest absolute Gasteiger partial charge is 0.338 e. The average molecular weight is 166 g/mol. The normalized spacial score (nSPS) is 17.3. The van der Waals surface area contributed by atoms with Gasteiger partial charge in [0, 0.05) is 0 Å². The van der Waals surface area contributed by atoms with Gasteiger partial charge in [-0.2, -0.15) is 0 Å². The predicted octanol–water partition coefficient (Wildman–Crippen LogP) is 2.22. The van der Waals surface area contributed by atoms with Crippen LogP contribution in [-0.4, -0.2) is 13.1 Å². The lowest BCUT2D eigenvalue weighted by Gasteiger charge is -2.02. The van der Waals surface area contributed by atoms with Gasteiger partial charge in [0.05, 0.1) is 12.7 Å². The molecule has 0 aromatic rings. The fourth-order valence-electron chi connectivity index (χ4n) is 1.58. The average Bonchev–Trinajstić information content (AvgIpc) is 2.26. The van der Waals surface area contributed by atoms with E-state index in [4.69, 9.17) is 4.74 Å². The van der Waals surface area contributed by atoms with Crippen LogP contribution in [0.3, 0.4) is 0 Å². The molecule has 0 bridgehead atoms. The number of rotatable bonds is 1. The lowest BCUT2D eigenvalue weighted by Crippen LogP contribution is -2.05. The van der Waals surface area contributed by atoms with Gasteiger partial charge >= 0.3 is 5.97 Å². The van der Waals surface area contributed by atoms with E-state index in [1.807, 2.05) is 13.8 Å². The Balaban J connectivity index is 3.03. The second-order valence-corrected chi connectivity index (χ2v) is 3.23. The van der Waals surface area contributed by atoms with Crippen LogP contribution in [0.25, 0.3) is 0 Å². The first kappa shape index (κ1) is 9.04. The first-order chi connectivity index (χ1) is 5.57. The van der Waals surface area contributed by atoms with E-state index in [1.54, 1.807) is 0 Å². The molecule has 0 unspecified atom stereocenters. The first-order valence-electron chi connectivity index (χ1n) is 4.02. The van der Waals surface area contributed by atoms with Crippen LogP contribution in [0, 0.1) is 0 Å². The molecule has 66 valence electrons. The van der Waals surface area contributed by atoms with Crippen LogP contribution in [0.5, 0.6) is 0 Å². The summed E-state index contributed by atoms with van der Waals surface area (Å²) in [6, 6.07) is 0. The molecule has 0 saturated heterocycles. The van der Waals surface area contributed by atoms with Gasteiger partial charge in [-0.1, -0.05) is 11.1 Å². The summed E-state index contributed by atoms with van der Waals surface area (Å²) < 4.78 is 4.69. The van der Waals surface area contributed by atoms with E-state index in [2.05, 4.69) is 6.92 Å². The molecule has 0 atom stereocenters. The van der Waals surface area contributed by atoms with Gasteiger partial charge in [0.2, 0.25) is 0 Å². The van der Waals surface area contributed by atoms with Gasteiger partial charge in [-0.15, -0.1) is 0 Å². The minimum atomic E-state index is -0.207. The zero-order chi connectivity index (χ0) is 9.30. The van der Waals surface area contributed by atoms with Crippen molar-refractivity contribution in [2.24, 2.45) is 0 Å². The Hall–Kier alpha value is -1.05. The molecule has 2 heteroatoms. The van der Waals surface area contributed by atoms with E-state index in [-0.39, 0.29) is 5.97 Å². The molecule has 1 aliphatic carbocycles. The summed E-state index contributed by atoms with van der Waals surface area (Å²) in [6.45, 7) is 6.00. The van der Waals surface area contributed by atoms with Crippen LogP contribution in [-0.2, 0) is 9.53 Å². The van der Waals surface area contributed by atoms with Gasteiger partial charge in [-0.3, -0.25) is 0 Å². The van der Waals surface area contributed by atoms with Crippen molar-refractivity contribution in [3.8, 4) is 0 Å². The van der Waals surface area contributed by atoms with Crippen molar-refractivity contribution in [3.05, 3.63) is 22.3 Å². The van der Waals surface area contributed by atoms with Gasteiger partial charge in [-0.05, 0) is 32.8 Å². The Labute approximate surface area is 72.9 Å². The maximum Gasteiger partial charge on any atom is 0.338 e. The van der Waals surface area contributed by atoms with Crippen LogP contribution in [0.2, 0.25) is 0 Å². The van der Waals surface area contributed by atoms with E-state index < -0.39 is 0 Å². The molecule has 0 spiro atoms. The van der Waals surface area contributed by atoms with Gasteiger partial charge in [-0.25, -0.2) is 4.79 Å². The fourth-order valence-corrected chi connectivity index (χ4v) is 1.58. The van der Waals surface area contributed by atoms with Crippen molar-refractivity contribution in [1.82, 2.24) is 0 Å².